The summed E-state index contributed by atoms with van der Waals surface area (Å²) < 4.78 is 5.45. The first-order valence-electron chi connectivity index (χ1n) is 9.01. The summed E-state index contributed by atoms with van der Waals surface area (Å²) in [6.07, 6.45) is -2.09. The van der Waals surface area contributed by atoms with Gasteiger partial charge in [-0.15, -0.1) is 0 Å². The molecule has 0 aromatic carbocycles. The molecule has 1 aromatic rings. The maximum absolute atomic E-state index is 12.4. The maximum Gasteiger partial charge on any atom is 0.228 e. The van der Waals surface area contributed by atoms with Crippen LogP contribution in [0.1, 0.15) is 38.1 Å². The highest BCUT2D eigenvalue weighted by Gasteiger charge is 2.56. The van der Waals surface area contributed by atoms with Crippen molar-refractivity contribution in [1.29, 1.82) is 10.7 Å². The van der Waals surface area contributed by atoms with Crippen LogP contribution in [0, 0.1) is 22.7 Å². The van der Waals surface area contributed by atoms with Crippen LogP contribution in [0.15, 0.2) is 17.1 Å². The summed E-state index contributed by atoms with van der Waals surface area (Å²) in [6, 6.07) is 4.82. The third kappa shape index (κ3) is 3.83. The van der Waals surface area contributed by atoms with Crippen molar-refractivity contribution in [2.45, 2.75) is 50.6 Å². The second-order valence-electron chi connectivity index (χ2n) is 6.52. The van der Waals surface area contributed by atoms with Gasteiger partial charge in [0.25, 0.3) is 0 Å². The van der Waals surface area contributed by atoms with Crippen molar-refractivity contribution in [2.75, 3.05) is 6.61 Å². The SMILES string of the molecule is CCC(CC)C(=O)NC(=NC=N)c1ccc([C@]2(C#N)O[C@H](CO)[C@@H](O)[C@H]2O)[nH]1. The van der Waals surface area contributed by atoms with Crippen molar-refractivity contribution in [2.24, 2.45) is 10.9 Å². The lowest BCUT2D eigenvalue weighted by Gasteiger charge is -2.23. The van der Waals surface area contributed by atoms with Gasteiger partial charge in [0, 0.05) is 5.92 Å². The number of aromatic nitrogens is 1. The van der Waals surface area contributed by atoms with Crippen LogP contribution in [0.5, 0.6) is 0 Å². The molecule has 0 spiro atoms. The van der Waals surface area contributed by atoms with Gasteiger partial charge < -0.3 is 30.4 Å². The average Bonchev–Trinajstić information content (AvgIpc) is 3.27. The zero-order valence-corrected chi connectivity index (χ0v) is 15.7. The molecule has 10 nitrogen and oxygen atoms in total. The highest BCUT2D eigenvalue weighted by Crippen LogP contribution is 2.39. The summed E-state index contributed by atoms with van der Waals surface area (Å²) in [4.78, 5) is 19.1. The Morgan fingerprint density at radius 2 is 2.18 bits per heavy atom. The van der Waals surface area contributed by atoms with E-state index >= 15 is 0 Å². The van der Waals surface area contributed by atoms with Crippen LogP contribution in [0.25, 0.3) is 0 Å². The van der Waals surface area contributed by atoms with E-state index in [1.807, 2.05) is 19.9 Å². The van der Waals surface area contributed by atoms with E-state index in [1.165, 1.54) is 12.1 Å². The third-order valence-corrected chi connectivity index (χ3v) is 4.94. The van der Waals surface area contributed by atoms with Crippen LogP contribution in [-0.2, 0) is 15.1 Å². The third-order valence-electron chi connectivity index (χ3n) is 4.94. The van der Waals surface area contributed by atoms with E-state index in [0.29, 0.717) is 18.5 Å². The molecule has 10 heteroatoms. The van der Waals surface area contributed by atoms with E-state index in [-0.39, 0.29) is 23.4 Å². The molecule has 152 valence electrons. The number of rotatable bonds is 7. The summed E-state index contributed by atoms with van der Waals surface area (Å²) in [7, 11) is 0. The molecule has 0 aliphatic carbocycles. The van der Waals surface area contributed by atoms with Crippen LogP contribution in [-0.4, -0.2) is 63.3 Å². The minimum atomic E-state index is -1.92. The highest BCUT2D eigenvalue weighted by molar-refractivity contribution is 6.09. The van der Waals surface area contributed by atoms with E-state index in [9.17, 15) is 25.4 Å². The quantitative estimate of drug-likeness (QED) is 0.276. The second-order valence-corrected chi connectivity index (χ2v) is 6.52. The highest BCUT2D eigenvalue weighted by atomic mass is 16.6. The number of carbonyl (C=O) groups is 1. The van der Waals surface area contributed by atoms with Gasteiger partial charge in [-0.3, -0.25) is 10.2 Å². The first kappa shape index (κ1) is 21.7. The number of aliphatic hydroxyl groups is 3. The van der Waals surface area contributed by atoms with Gasteiger partial charge in [-0.1, -0.05) is 13.8 Å². The number of aliphatic hydroxyl groups excluding tert-OH is 3. The summed E-state index contributed by atoms with van der Waals surface area (Å²) in [5, 5.41) is 49.1. The molecule has 6 N–H and O–H groups in total. The molecule has 1 fully saturated rings. The maximum atomic E-state index is 12.4. The van der Waals surface area contributed by atoms with Gasteiger partial charge in [-0.2, -0.15) is 5.26 Å². The fourth-order valence-corrected chi connectivity index (χ4v) is 3.20. The number of H-pyrrole nitrogens is 1. The van der Waals surface area contributed by atoms with Crippen LogP contribution < -0.4 is 5.32 Å². The van der Waals surface area contributed by atoms with Crippen molar-refractivity contribution < 1.29 is 24.9 Å². The molecular formula is C18H25N5O5. The molecule has 0 unspecified atom stereocenters. The van der Waals surface area contributed by atoms with Gasteiger partial charge in [0.2, 0.25) is 11.5 Å². The molecule has 0 radical (unpaired) electrons. The van der Waals surface area contributed by atoms with Gasteiger partial charge in [0.1, 0.15) is 30.7 Å². The number of hydrogen-bond donors (Lipinski definition) is 6. The smallest absolute Gasteiger partial charge is 0.228 e. The number of ether oxygens (including phenoxy) is 1. The number of nitriles is 1. The molecule has 1 saturated heterocycles. The summed E-state index contributed by atoms with van der Waals surface area (Å²) in [6.45, 7) is 3.22. The van der Waals surface area contributed by atoms with E-state index < -0.39 is 30.5 Å². The van der Waals surface area contributed by atoms with Crippen LogP contribution in [0.2, 0.25) is 0 Å². The first-order chi connectivity index (χ1) is 13.4. The summed E-state index contributed by atoms with van der Waals surface area (Å²) >= 11 is 0. The minimum absolute atomic E-state index is 0.0815. The largest absolute Gasteiger partial charge is 0.394 e. The van der Waals surface area contributed by atoms with Crippen LogP contribution >= 0.6 is 0 Å². The Kier molecular flexibility index (Phi) is 7.04. The number of amidine groups is 1. The Labute approximate surface area is 162 Å². The normalized spacial score (nSPS) is 27.6. The van der Waals surface area contributed by atoms with Gasteiger partial charge in [-0.05, 0) is 25.0 Å². The van der Waals surface area contributed by atoms with Crippen molar-refractivity contribution in [1.82, 2.24) is 10.3 Å². The molecule has 0 bridgehead atoms. The number of nitrogens with zero attached hydrogens (tertiary/aromatic N) is 2. The van der Waals surface area contributed by atoms with E-state index in [0.717, 1.165) is 6.34 Å². The average molecular weight is 391 g/mol. The Hall–Kier alpha value is -2.58. The van der Waals surface area contributed by atoms with E-state index in [2.05, 4.69) is 15.3 Å². The fourth-order valence-electron chi connectivity index (χ4n) is 3.20. The predicted octanol–water partition coefficient (Wildman–Crippen LogP) is -0.247. The summed E-state index contributed by atoms with van der Waals surface area (Å²) in [5.74, 6) is -0.376. The number of aromatic amines is 1. The molecule has 2 heterocycles. The van der Waals surface area contributed by atoms with Gasteiger partial charge in [0.05, 0.1) is 18.0 Å². The molecule has 2 rings (SSSR count). The standard InChI is InChI=1S/C18H25N5O5/c1-3-10(4-2)17(27)23-16(21-9-20)11-5-6-13(22-11)18(8-19)15(26)14(25)12(7-24)28-18/h5-6,9-10,12,14-15,22,24-26H,3-4,7H2,1-2H3,(H2,20,21,23,27)/t12-,14-,15-,18+/m1/s1. The first-order valence-corrected chi connectivity index (χ1v) is 9.01. The molecule has 1 aliphatic rings. The Morgan fingerprint density at radius 3 is 2.68 bits per heavy atom. The lowest BCUT2D eigenvalue weighted by molar-refractivity contribution is -0.123. The molecule has 1 aromatic heterocycles. The topological polar surface area (TPSA) is 175 Å². The molecule has 0 saturated carbocycles. The molecule has 1 aliphatic heterocycles. The predicted molar refractivity (Wildman–Crippen MR) is 99.6 cm³/mol. The number of nitrogens with one attached hydrogen (secondary N) is 3. The van der Waals surface area contributed by atoms with E-state index in [1.54, 1.807) is 0 Å². The number of hydrogen-bond acceptors (Lipinski definition) is 7. The Balaban J connectivity index is 2.35. The molecule has 1 amide bonds. The lowest BCUT2D eigenvalue weighted by atomic mass is 9.93. The van der Waals surface area contributed by atoms with Gasteiger partial charge >= 0.3 is 0 Å². The van der Waals surface area contributed by atoms with Crippen molar-refractivity contribution >= 4 is 18.1 Å². The molecule has 28 heavy (non-hydrogen) atoms. The summed E-state index contributed by atoms with van der Waals surface area (Å²) in [5.41, 5.74) is -1.49. The number of amides is 1. The zero-order valence-electron chi connectivity index (χ0n) is 15.7. The van der Waals surface area contributed by atoms with Crippen molar-refractivity contribution in [3.8, 4) is 6.07 Å². The number of carbonyl (C=O) groups excluding carboxylic acids is 1. The minimum Gasteiger partial charge on any atom is -0.394 e. The van der Waals surface area contributed by atoms with Crippen molar-refractivity contribution in [3.05, 3.63) is 23.5 Å². The molecule has 4 atom stereocenters. The fraction of sp³-hybridized carbons (Fsp3) is 0.556. The molecular weight excluding hydrogens is 366 g/mol. The Morgan fingerprint density at radius 1 is 1.50 bits per heavy atom. The monoisotopic (exact) mass is 391 g/mol. The van der Waals surface area contributed by atoms with Crippen LogP contribution in [0.3, 0.4) is 0 Å². The van der Waals surface area contributed by atoms with Gasteiger partial charge in [-0.25, -0.2) is 4.99 Å². The lowest BCUT2D eigenvalue weighted by Crippen LogP contribution is -2.40. The van der Waals surface area contributed by atoms with Gasteiger partial charge in [0.15, 0.2) is 5.84 Å². The van der Waals surface area contributed by atoms with Crippen molar-refractivity contribution in [3.63, 3.8) is 0 Å². The van der Waals surface area contributed by atoms with Crippen LogP contribution in [0.4, 0.5) is 0 Å². The van der Waals surface area contributed by atoms with E-state index in [4.69, 9.17) is 10.1 Å². The zero-order chi connectivity index (χ0) is 20.9. The Bertz CT molecular complexity index is 782. The second kappa shape index (κ2) is 9.07. The number of aliphatic imine (C=N–C) groups is 1.